The molecule has 160 valence electrons. The van der Waals surface area contributed by atoms with Crippen LogP contribution in [-0.4, -0.2) is 67.1 Å². The maximum atomic E-state index is 5.38. The zero-order chi connectivity index (χ0) is 20.5. The molecule has 1 aliphatic rings. The summed E-state index contributed by atoms with van der Waals surface area (Å²) in [5, 5.41) is 6.60. The second-order valence-electron chi connectivity index (χ2n) is 8.13. The first kappa shape index (κ1) is 23.1. The molecule has 1 aromatic heterocycles. The molecular weight excluding hydrogens is 370 g/mol. The number of nitrogens with one attached hydrogen (secondary N) is 1. The zero-order valence-electron chi connectivity index (χ0n) is 18.6. The molecule has 1 saturated heterocycles. The molecule has 2 rings (SSSR count). The van der Waals surface area contributed by atoms with Crippen LogP contribution in [0.3, 0.4) is 0 Å². The lowest BCUT2D eigenvalue weighted by Crippen LogP contribution is -2.41. The summed E-state index contributed by atoms with van der Waals surface area (Å²) in [6.45, 7) is 13.7. The van der Waals surface area contributed by atoms with Gasteiger partial charge in [-0.05, 0) is 52.1 Å². The number of hydrogen-bond acceptors (Lipinski definition) is 5. The lowest BCUT2D eigenvalue weighted by Gasteiger charge is -2.29. The monoisotopic (exact) mass is 409 g/mol. The number of guanidine groups is 1. The van der Waals surface area contributed by atoms with Crippen molar-refractivity contribution in [3.05, 3.63) is 16.1 Å². The molecule has 0 aromatic carbocycles. The molecule has 0 saturated carbocycles. The van der Waals surface area contributed by atoms with E-state index >= 15 is 0 Å². The summed E-state index contributed by atoms with van der Waals surface area (Å²) < 4.78 is 5.38. The molecule has 28 heavy (non-hydrogen) atoms. The Morgan fingerprint density at radius 2 is 2.07 bits per heavy atom. The molecule has 0 amide bonds. The molecule has 1 fully saturated rings. The van der Waals surface area contributed by atoms with Crippen LogP contribution in [0, 0.1) is 5.92 Å². The molecule has 1 aliphatic heterocycles. The van der Waals surface area contributed by atoms with E-state index in [0.29, 0.717) is 12.0 Å². The van der Waals surface area contributed by atoms with E-state index in [0.717, 1.165) is 36.3 Å². The topological polar surface area (TPSA) is 53.0 Å². The highest BCUT2D eigenvalue weighted by atomic mass is 32.1. The maximum Gasteiger partial charge on any atom is 0.194 e. The van der Waals surface area contributed by atoms with E-state index in [2.05, 4.69) is 48.3 Å². The minimum absolute atomic E-state index is 0.0446. The first-order valence-electron chi connectivity index (χ1n) is 10.6. The largest absolute Gasteiger partial charge is 0.375 e. The molecule has 1 N–H and O–H groups in total. The first-order valence-corrected chi connectivity index (χ1v) is 11.5. The third-order valence-electron chi connectivity index (χ3n) is 5.22. The quantitative estimate of drug-likeness (QED) is 0.471. The Labute approximate surface area is 175 Å². The third-order valence-corrected chi connectivity index (χ3v) is 6.27. The van der Waals surface area contributed by atoms with Crippen molar-refractivity contribution < 1.29 is 4.74 Å². The highest BCUT2D eigenvalue weighted by Gasteiger charge is 2.23. The number of thiazole rings is 1. The van der Waals surface area contributed by atoms with Gasteiger partial charge >= 0.3 is 0 Å². The normalized spacial score (nSPS) is 17.9. The fourth-order valence-corrected chi connectivity index (χ4v) is 4.49. The predicted octanol–water partition coefficient (Wildman–Crippen LogP) is 3.76. The number of rotatable bonds is 10. The van der Waals surface area contributed by atoms with Gasteiger partial charge in [0.05, 0.1) is 18.8 Å². The molecule has 2 atom stereocenters. The number of aromatic nitrogens is 1. The van der Waals surface area contributed by atoms with E-state index < -0.39 is 0 Å². The molecule has 0 radical (unpaired) electrons. The number of ether oxygens (including phenoxy) is 1. The van der Waals surface area contributed by atoms with E-state index in [-0.39, 0.29) is 6.10 Å². The average Bonchev–Trinajstić information content (AvgIpc) is 3.35. The Bertz CT molecular complexity index is 597. The van der Waals surface area contributed by atoms with Crippen molar-refractivity contribution in [3.8, 4) is 0 Å². The first-order chi connectivity index (χ1) is 13.4. The second kappa shape index (κ2) is 11.7. The summed E-state index contributed by atoms with van der Waals surface area (Å²) >= 11 is 1.66. The fraction of sp³-hybridized carbons (Fsp3) is 0.810. The van der Waals surface area contributed by atoms with Gasteiger partial charge < -0.3 is 15.0 Å². The zero-order valence-corrected chi connectivity index (χ0v) is 19.4. The van der Waals surface area contributed by atoms with Crippen LogP contribution in [0.4, 0.5) is 0 Å². The van der Waals surface area contributed by atoms with Gasteiger partial charge in [0.1, 0.15) is 11.1 Å². The van der Waals surface area contributed by atoms with Crippen molar-refractivity contribution in [2.24, 2.45) is 10.9 Å². The highest BCUT2D eigenvalue weighted by molar-refractivity contribution is 7.09. The van der Waals surface area contributed by atoms with Crippen LogP contribution in [0.1, 0.15) is 63.8 Å². The third kappa shape index (κ3) is 7.01. The molecular formula is C21H39N5OS. The van der Waals surface area contributed by atoms with Crippen LogP contribution in [0.2, 0.25) is 0 Å². The van der Waals surface area contributed by atoms with Crippen LogP contribution in [0.15, 0.2) is 10.4 Å². The van der Waals surface area contributed by atoms with Crippen molar-refractivity contribution in [3.63, 3.8) is 0 Å². The molecule has 1 aromatic rings. The van der Waals surface area contributed by atoms with Crippen molar-refractivity contribution >= 4 is 17.3 Å². The van der Waals surface area contributed by atoms with Crippen molar-refractivity contribution in [1.29, 1.82) is 0 Å². The minimum Gasteiger partial charge on any atom is -0.375 e. The van der Waals surface area contributed by atoms with Crippen LogP contribution < -0.4 is 5.32 Å². The summed E-state index contributed by atoms with van der Waals surface area (Å²) in [5.74, 6) is 1.65. The number of nitrogens with zero attached hydrogens (tertiary/aromatic N) is 4. The van der Waals surface area contributed by atoms with Gasteiger partial charge in [-0.25, -0.2) is 4.98 Å². The molecule has 0 bridgehead atoms. The summed E-state index contributed by atoms with van der Waals surface area (Å²) in [6, 6.07) is 0.540. The summed E-state index contributed by atoms with van der Waals surface area (Å²) in [7, 11) is 3.81. The molecule has 6 nitrogen and oxygen atoms in total. The molecule has 0 spiro atoms. The van der Waals surface area contributed by atoms with E-state index in [4.69, 9.17) is 14.7 Å². The Morgan fingerprint density at radius 1 is 1.36 bits per heavy atom. The van der Waals surface area contributed by atoms with Gasteiger partial charge in [-0.1, -0.05) is 13.8 Å². The van der Waals surface area contributed by atoms with Gasteiger partial charge in [0.15, 0.2) is 5.96 Å². The van der Waals surface area contributed by atoms with Gasteiger partial charge in [-0.15, -0.1) is 11.3 Å². The summed E-state index contributed by atoms with van der Waals surface area (Å²) in [6.07, 6.45) is 3.90. The van der Waals surface area contributed by atoms with Crippen LogP contribution in [0.5, 0.6) is 0 Å². The number of likely N-dealkylation sites (tertiary alicyclic amines) is 1. The van der Waals surface area contributed by atoms with E-state index in [1.54, 1.807) is 18.4 Å². The SMILES string of the molecule is CCNC(=NCC(CC(C)C)N1CCCC1)N(C)Cc1csc(C(C)OC)n1. The Balaban J connectivity index is 2.03. The Hall–Kier alpha value is -1.18. The molecule has 2 heterocycles. The smallest absolute Gasteiger partial charge is 0.194 e. The standard InChI is InChI=1S/C21H39N5OS/c1-7-22-21(23-13-19(12-16(2)3)26-10-8-9-11-26)25(5)14-18-15-28-20(24-18)17(4)27-6/h15-17,19H,7-14H2,1-6H3,(H,22,23). The number of hydrogen-bond donors (Lipinski definition) is 1. The summed E-state index contributed by atoms with van der Waals surface area (Å²) in [5.41, 5.74) is 1.07. The number of methoxy groups -OCH3 is 1. The molecule has 7 heteroatoms. The summed E-state index contributed by atoms with van der Waals surface area (Å²) in [4.78, 5) is 14.5. The van der Waals surface area contributed by atoms with Crippen LogP contribution in [0.25, 0.3) is 0 Å². The fourth-order valence-electron chi connectivity index (χ4n) is 3.65. The maximum absolute atomic E-state index is 5.38. The average molecular weight is 410 g/mol. The Morgan fingerprint density at radius 3 is 2.68 bits per heavy atom. The lowest BCUT2D eigenvalue weighted by atomic mass is 10.0. The van der Waals surface area contributed by atoms with E-state index in [1.165, 1.54) is 32.4 Å². The highest BCUT2D eigenvalue weighted by Crippen LogP contribution is 2.21. The van der Waals surface area contributed by atoms with Crippen LogP contribution in [-0.2, 0) is 11.3 Å². The van der Waals surface area contributed by atoms with Crippen molar-refractivity contribution in [2.75, 3.05) is 40.3 Å². The Kier molecular flexibility index (Phi) is 9.68. The molecule has 2 unspecified atom stereocenters. The number of aliphatic imine (C=N–C) groups is 1. The lowest BCUT2D eigenvalue weighted by molar-refractivity contribution is 0.119. The van der Waals surface area contributed by atoms with Crippen molar-refractivity contribution in [1.82, 2.24) is 20.1 Å². The predicted molar refractivity (Wildman–Crippen MR) is 119 cm³/mol. The van der Waals surface area contributed by atoms with E-state index in [9.17, 15) is 0 Å². The minimum atomic E-state index is 0.0446. The second-order valence-corrected chi connectivity index (χ2v) is 9.02. The van der Waals surface area contributed by atoms with E-state index in [1.807, 2.05) is 6.92 Å². The van der Waals surface area contributed by atoms with Gasteiger partial charge in [-0.2, -0.15) is 0 Å². The van der Waals surface area contributed by atoms with Gasteiger partial charge in [-0.3, -0.25) is 9.89 Å². The molecule has 0 aliphatic carbocycles. The van der Waals surface area contributed by atoms with Crippen LogP contribution >= 0.6 is 11.3 Å². The van der Waals surface area contributed by atoms with Gasteiger partial charge in [0.2, 0.25) is 0 Å². The van der Waals surface area contributed by atoms with Gasteiger partial charge in [0.25, 0.3) is 0 Å². The van der Waals surface area contributed by atoms with Gasteiger partial charge in [0, 0.05) is 32.1 Å². The van der Waals surface area contributed by atoms with Crippen molar-refractivity contribution in [2.45, 2.75) is 65.6 Å².